The van der Waals surface area contributed by atoms with E-state index in [1.54, 1.807) is 0 Å². The zero-order valence-electron chi connectivity index (χ0n) is 11.0. The summed E-state index contributed by atoms with van der Waals surface area (Å²) >= 11 is 0. The standard InChI is InChI=1S/C13H25NO3/c1-10(2)7-11(8-14)13(15)17-9-12-5-3-4-6-16-12/h10-12H,3-9,14H2,1-2H3. The molecule has 1 aliphatic heterocycles. The Kier molecular flexibility index (Phi) is 6.52. The molecule has 2 atom stereocenters. The van der Waals surface area contributed by atoms with Crippen molar-refractivity contribution in [2.24, 2.45) is 17.6 Å². The van der Waals surface area contributed by atoms with Gasteiger partial charge >= 0.3 is 5.97 Å². The predicted molar refractivity (Wildman–Crippen MR) is 66.5 cm³/mol. The van der Waals surface area contributed by atoms with Crippen molar-refractivity contribution in [1.82, 2.24) is 0 Å². The van der Waals surface area contributed by atoms with E-state index in [0.29, 0.717) is 19.1 Å². The van der Waals surface area contributed by atoms with E-state index in [-0.39, 0.29) is 18.0 Å². The van der Waals surface area contributed by atoms with Crippen molar-refractivity contribution in [1.29, 1.82) is 0 Å². The Balaban J connectivity index is 2.26. The molecule has 0 saturated carbocycles. The normalized spacial score (nSPS) is 22.5. The molecule has 1 heterocycles. The molecule has 0 radical (unpaired) electrons. The van der Waals surface area contributed by atoms with Gasteiger partial charge in [0.25, 0.3) is 0 Å². The molecule has 17 heavy (non-hydrogen) atoms. The third-order valence-electron chi connectivity index (χ3n) is 3.06. The molecular weight excluding hydrogens is 218 g/mol. The van der Waals surface area contributed by atoms with Crippen molar-refractivity contribution in [2.45, 2.75) is 45.6 Å². The van der Waals surface area contributed by atoms with Crippen LogP contribution in [0.4, 0.5) is 0 Å². The molecule has 0 aromatic heterocycles. The summed E-state index contributed by atoms with van der Waals surface area (Å²) in [5, 5.41) is 0. The highest BCUT2D eigenvalue weighted by Gasteiger charge is 2.22. The maximum atomic E-state index is 11.8. The van der Waals surface area contributed by atoms with Crippen LogP contribution >= 0.6 is 0 Å². The molecule has 2 N–H and O–H groups in total. The summed E-state index contributed by atoms with van der Waals surface area (Å²) in [5.74, 6) is 0.121. The summed E-state index contributed by atoms with van der Waals surface area (Å²) in [4.78, 5) is 11.8. The molecule has 0 aromatic rings. The molecular formula is C13H25NO3. The predicted octanol–water partition coefficient (Wildman–Crippen LogP) is 1.72. The molecule has 2 unspecified atom stereocenters. The van der Waals surface area contributed by atoms with E-state index in [0.717, 1.165) is 32.3 Å². The fourth-order valence-corrected chi connectivity index (χ4v) is 2.09. The highest BCUT2D eigenvalue weighted by molar-refractivity contribution is 5.72. The van der Waals surface area contributed by atoms with E-state index in [1.165, 1.54) is 0 Å². The Morgan fingerprint density at radius 3 is 2.76 bits per heavy atom. The lowest BCUT2D eigenvalue weighted by Crippen LogP contribution is -2.31. The highest BCUT2D eigenvalue weighted by Crippen LogP contribution is 2.15. The Morgan fingerprint density at radius 2 is 2.24 bits per heavy atom. The lowest BCUT2D eigenvalue weighted by molar-refractivity contribution is -0.154. The number of carbonyl (C=O) groups excluding carboxylic acids is 1. The molecule has 0 aromatic carbocycles. The molecule has 4 nitrogen and oxygen atoms in total. The van der Waals surface area contributed by atoms with E-state index in [9.17, 15) is 4.79 Å². The average molecular weight is 243 g/mol. The van der Waals surface area contributed by atoms with E-state index < -0.39 is 0 Å². The lowest BCUT2D eigenvalue weighted by Gasteiger charge is -2.23. The van der Waals surface area contributed by atoms with Crippen LogP contribution in [0, 0.1) is 11.8 Å². The second kappa shape index (κ2) is 7.67. The average Bonchev–Trinajstić information content (AvgIpc) is 2.34. The van der Waals surface area contributed by atoms with E-state index in [2.05, 4.69) is 13.8 Å². The molecule has 1 saturated heterocycles. The van der Waals surface area contributed by atoms with E-state index in [1.807, 2.05) is 0 Å². The number of carbonyl (C=O) groups is 1. The van der Waals surface area contributed by atoms with Gasteiger partial charge in [0.1, 0.15) is 6.61 Å². The van der Waals surface area contributed by atoms with Crippen LogP contribution in [0.2, 0.25) is 0 Å². The molecule has 1 aliphatic rings. The van der Waals surface area contributed by atoms with Crippen LogP contribution in [-0.2, 0) is 14.3 Å². The van der Waals surface area contributed by atoms with Crippen LogP contribution in [0.3, 0.4) is 0 Å². The van der Waals surface area contributed by atoms with Crippen LogP contribution in [0.5, 0.6) is 0 Å². The molecule has 4 heteroatoms. The minimum atomic E-state index is -0.171. The van der Waals surface area contributed by atoms with Crippen molar-refractivity contribution in [2.75, 3.05) is 19.8 Å². The molecule has 0 aliphatic carbocycles. The number of rotatable bonds is 6. The Hall–Kier alpha value is -0.610. The Morgan fingerprint density at radius 1 is 1.47 bits per heavy atom. The number of hydrogen-bond donors (Lipinski definition) is 1. The summed E-state index contributed by atoms with van der Waals surface area (Å²) in [6, 6.07) is 0. The first-order chi connectivity index (χ1) is 8.13. The smallest absolute Gasteiger partial charge is 0.310 e. The van der Waals surface area contributed by atoms with E-state index in [4.69, 9.17) is 15.2 Å². The second-order valence-corrected chi connectivity index (χ2v) is 5.18. The zero-order valence-corrected chi connectivity index (χ0v) is 11.0. The van der Waals surface area contributed by atoms with Gasteiger partial charge in [0, 0.05) is 13.2 Å². The van der Waals surface area contributed by atoms with Crippen molar-refractivity contribution >= 4 is 5.97 Å². The van der Waals surface area contributed by atoms with Gasteiger partial charge in [-0.05, 0) is 31.6 Å². The summed E-state index contributed by atoms with van der Waals surface area (Å²) in [7, 11) is 0. The van der Waals surface area contributed by atoms with Gasteiger partial charge in [-0.3, -0.25) is 4.79 Å². The lowest BCUT2D eigenvalue weighted by atomic mass is 9.97. The SMILES string of the molecule is CC(C)CC(CN)C(=O)OCC1CCCCO1. The van der Waals surface area contributed by atoms with Gasteiger partial charge in [0.15, 0.2) is 0 Å². The fraction of sp³-hybridized carbons (Fsp3) is 0.923. The Bertz CT molecular complexity index is 225. The van der Waals surface area contributed by atoms with Gasteiger partial charge < -0.3 is 15.2 Å². The van der Waals surface area contributed by atoms with Crippen molar-refractivity contribution < 1.29 is 14.3 Å². The summed E-state index contributed by atoms with van der Waals surface area (Å²) in [6.45, 7) is 5.70. The van der Waals surface area contributed by atoms with Crippen LogP contribution in [0.15, 0.2) is 0 Å². The van der Waals surface area contributed by atoms with Gasteiger partial charge in [0.2, 0.25) is 0 Å². The zero-order chi connectivity index (χ0) is 12.7. The summed E-state index contributed by atoms with van der Waals surface area (Å²) in [5.41, 5.74) is 5.60. The van der Waals surface area contributed by atoms with Gasteiger partial charge in [-0.15, -0.1) is 0 Å². The minimum absolute atomic E-state index is 0.0881. The maximum absolute atomic E-state index is 11.8. The van der Waals surface area contributed by atoms with Crippen molar-refractivity contribution in [3.63, 3.8) is 0 Å². The quantitative estimate of drug-likeness (QED) is 0.722. The summed E-state index contributed by atoms with van der Waals surface area (Å²) in [6.07, 6.45) is 4.15. The third-order valence-corrected chi connectivity index (χ3v) is 3.06. The molecule has 100 valence electrons. The fourth-order valence-electron chi connectivity index (χ4n) is 2.09. The largest absolute Gasteiger partial charge is 0.463 e. The van der Waals surface area contributed by atoms with Crippen LogP contribution in [0.1, 0.15) is 39.5 Å². The topological polar surface area (TPSA) is 61.6 Å². The second-order valence-electron chi connectivity index (χ2n) is 5.18. The third kappa shape index (κ3) is 5.50. The summed E-state index contributed by atoms with van der Waals surface area (Å²) < 4.78 is 10.8. The van der Waals surface area contributed by atoms with Crippen LogP contribution < -0.4 is 5.73 Å². The Labute approximate surface area is 104 Å². The van der Waals surface area contributed by atoms with Gasteiger partial charge in [-0.1, -0.05) is 13.8 Å². The van der Waals surface area contributed by atoms with Gasteiger partial charge in [-0.25, -0.2) is 0 Å². The molecule has 1 fully saturated rings. The molecule has 1 rings (SSSR count). The minimum Gasteiger partial charge on any atom is -0.463 e. The first-order valence-electron chi connectivity index (χ1n) is 6.61. The van der Waals surface area contributed by atoms with Crippen molar-refractivity contribution in [3.05, 3.63) is 0 Å². The van der Waals surface area contributed by atoms with E-state index >= 15 is 0 Å². The van der Waals surface area contributed by atoms with Crippen LogP contribution in [0.25, 0.3) is 0 Å². The first kappa shape index (κ1) is 14.5. The van der Waals surface area contributed by atoms with Crippen molar-refractivity contribution in [3.8, 4) is 0 Å². The number of nitrogens with two attached hydrogens (primary N) is 1. The monoisotopic (exact) mass is 243 g/mol. The maximum Gasteiger partial charge on any atom is 0.310 e. The number of hydrogen-bond acceptors (Lipinski definition) is 4. The highest BCUT2D eigenvalue weighted by atomic mass is 16.6. The van der Waals surface area contributed by atoms with Crippen LogP contribution in [-0.4, -0.2) is 31.8 Å². The molecule has 0 spiro atoms. The van der Waals surface area contributed by atoms with Gasteiger partial charge in [0.05, 0.1) is 12.0 Å². The number of esters is 1. The van der Waals surface area contributed by atoms with Gasteiger partial charge in [-0.2, -0.15) is 0 Å². The molecule has 0 bridgehead atoms. The first-order valence-corrected chi connectivity index (χ1v) is 6.61. The molecule has 0 amide bonds. The number of ether oxygens (including phenoxy) is 2.